The number of nitrogens with one attached hydrogen (secondary N) is 1. The number of anilines is 2. The van der Waals surface area contributed by atoms with Gasteiger partial charge in [-0.2, -0.15) is 0 Å². The summed E-state index contributed by atoms with van der Waals surface area (Å²) in [7, 11) is -3.85. The van der Waals surface area contributed by atoms with E-state index in [2.05, 4.69) is 30.4 Å². The van der Waals surface area contributed by atoms with Gasteiger partial charge >= 0.3 is 5.97 Å². The third-order valence-electron chi connectivity index (χ3n) is 5.36. The third kappa shape index (κ3) is 5.33. The first kappa shape index (κ1) is 22.2. The maximum absolute atomic E-state index is 13.0. The summed E-state index contributed by atoms with van der Waals surface area (Å²) >= 11 is 0. The molecule has 162 valence electrons. The zero-order valence-corrected chi connectivity index (χ0v) is 18.6. The predicted molar refractivity (Wildman–Crippen MR) is 120 cm³/mol. The number of aromatic carboxylic acids is 1. The Hall–Kier alpha value is -2.54. The minimum atomic E-state index is -3.85. The van der Waals surface area contributed by atoms with E-state index in [0.717, 1.165) is 37.9 Å². The van der Waals surface area contributed by atoms with Crippen LogP contribution in [-0.4, -0.2) is 32.6 Å². The zero-order valence-electron chi connectivity index (χ0n) is 17.8. The van der Waals surface area contributed by atoms with E-state index in [1.54, 1.807) is 18.2 Å². The van der Waals surface area contributed by atoms with Crippen molar-refractivity contribution in [2.75, 3.05) is 22.7 Å². The molecule has 0 radical (unpaired) electrons. The van der Waals surface area contributed by atoms with Gasteiger partial charge in [0.1, 0.15) is 0 Å². The predicted octanol–water partition coefficient (Wildman–Crippen LogP) is 4.62. The molecule has 6 nitrogen and oxygen atoms in total. The molecule has 0 amide bonds. The average molecular weight is 431 g/mol. The molecule has 0 bridgehead atoms. The van der Waals surface area contributed by atoms with Crippen molar-refractivity contribution in [3.63, 3.8) is 0 Å². The molecule has 7 heteroatoms. The topological polar surface area (TPSA) is 86.7 Å². The summed E-state index contributed by atoms with van der Waals surface area (Å²) in [5.41, 5.74) is 2.15. The molecule has 0 aromatic heterocycles. The molecule has 1 saturated heterocycles. The van der Waals surface area contributed by atoms with Crippen molar-refractivity contribution in [2.45, 2.75) is 44.9 Å². The molecule has 1 unspecified atom stereocenters. The van der Waals surface area contributed by atoms with Crippen molar-refractivity contribution in [1.29, 1.82) is 0 Å². The largest absolute Gasteiger partial charge is 0.478 e. The van der Waals surface area contributed by atoms with Crippen molar-refractivity contribution in [3.05, 3.63) is 53.6 Å². The van der Waals surface area contributed by atoms with E-state index in [0.29, 0.717) is 23.2 Å². The van der Waals surface area contributed by atoms with Crippen LogP contribution >= 0.6 is 0 Å². The average Bonchev–Trinajstić information content (AvgIpc) is 2.67. The highest BCUT2D eigenvalue weighted by Crippen LogP contribution is 2.32. The number of hydrogen-bond donors (Lipinski definition) is 2. The first-order valence-corrected chi connectivity index (χ1v) is 11.9. The van der Waals surface area contributed by atoms with Gasteiger partial charge in [-0.25, -0.2) is 13.2 Å². The Morgan fingerprint density at radius 1 is 1.20 bits per heavy atom. The third-order valence-corrected chi connectivity index (χ3v) is 6.74. The molecule has 0 spiro atoms. The first-order chi connectivity index (χ1) is 14.2. The first-order valence-electron chi connectivity index (χ1n) is 10.4. The molecule has 2 N–H and O–H groups in total. The lowest BCUT2D eigenvalue weighted by Crippen LogP contribution is -2.35. The lowest BCUT2D eigenvalue weighted by Gasteiger charge is -2.34. The smallest absolute Gasteiger partial charge is 0.335 e. The molecular weight excluding hydrogens is 400 g/mol. The number of carbonyl (C=O) groups is 1. The molecule has 0 saturated carbocycles. The fourth-order valence-corrected chi connectivity index (χ4v) is 4.98. The number of piperidine rings is 1. The van der Waals surface area contributed by atoms with Crippen molar-refractivity contribution in [1.82, 2.24) is 0 Å². The summed E-state index contributed by atoms with van der Waals surface area (Å²) in [6, 6.07) is 11.5. The summed E-state index contributed by atoms with van der Waals surface area (Å²) in [6.45, 7) is 8.02. The Bertz CT molecular complexity index is 1000. The maximum atomic E-state index is 13.0. The quantitative estimate of drug-likeness (QED) is 0.669. The van der Waals surface area contributed by atoms with E-state index >= 15 is 0 Å². The second kappa shape index (κ2) is 9.08. The number of sulfonamides is 1. The van der Waals surface area contributed by atoms with Gasteiger partial charge in [-0.3, -0.25) is 4.72 Å². The van der Waals surface area contributed by atoms with E-state index in [9.17, 15) is 18.3 Å². The number of hydrogen-bond acceptors (Lipinski definition) is 4. The molecule has 1 atom stereocenters. The van der Waals surface area contributed by atoms with Crippen molar-refractivity contribution < 1.29 is 18.3 Å². The highest BCUT2D eigenvalue weighted by atomic mass is 32.2. The van der Waals surface area contributed by atoms with Crippen LogP contribution < -0.4 is 9.62 Å². The Balaban J connectivity index is 1.93. The Morgan fingerprint density at radius 3 is 2.50 bits per heavy atom. The summed E-state index contributed by atoms with van der Waals surface area (Å²) in [5, 5.41) is 9.38. The molecule has 30 heavy (non-hydrogen) atoms. The minimum absolute atomic E-state index is 0.0498. The van der Waals surface area contributed by atoms with Gasteiger partial charge in [0.15, 0.2) is 0 Å². The van der Waals surface area contributed by atoms with E-state index in [1.807, 2.05) is 12.1 Å². The van der Waals surface area contributed by atoms with E-state index in [1.165, 1.54) is 12.1 Å². The van der Waals surface area contributed by atoms with E-state index in [-0.39, 0.29) is 10.5 Å². The normalized spacial score (nSPS) is 17.2. The number of rotatable bonds is 7. The van der Waals surface area contributed by atoms with Crippen LogP contribution in [0.2, 0.25) is 0 Å². The second-order valence-corrected chi connectivity index (χ2v) is 10.3. The highest BCUT2D eigenvalue weighted by Gasteiger charge is 2.23. The van der Waals surface area contributed by atoms with E-state index < -0.39 is 16.0 Å². The molecular formula is C23H30N2O4S. The van der Waals surface area contributed by atoms with Gasteiger partial charge in [0.25, 0.3) is 10.0 Å². The lowest BCUT2D eigenvalue weighted by molar-refractivity contribution is 0.0697. The number of carboxylic acid groups (broad SMARTS) is 1. The van der Waals surface area contributed by atoms with Gasteiger partial charge in [-0.05, 0) is 67.0 Å². The number of benzene rings is 2. The van der Waals surface area contributed by atoms with Crippen molar-refractivity contribution in [3.8, 4) is 0 Å². The molecule has 1 aliphatic rings. The van der Waals surface area contributed by atoms with Crippen LogP contribution in [-0.2, 0) is 16.4 Å². The summed E-state index contributed by atoms with van der Waals surface area (Å²) in [6.07, 6.45) is 3.03. The van der Waals surface area contributed by atoms with Gasteiger partial charge < -0.3 is 10.0 Å². The number of carboxylic acids is 1. The Kier molecular flexibility index (Phi) is 6.71. The van der Waals surface area contributed by atoms with Crippen LogP contribution in [0.5, 0.6) is 0 Å². The van der Waals surface area contributed by atoms with Crippen LogP contribution in [0.3, 0.4) is 0 Å². The Morgan fingerprint density at radius 2 is 1.90 bits per heavy atom. The molecule has 1 heterocycles. The van der Waals surface area contributed by atoms with Gasteiger partial charge in [-0.1, -0.05) is 32.9 Å². The van der Waals surface area contributed by atoms with Crippen LogP contribution in [0.1, 0.15) is 49.5 Å². The summed E-state index contributed by atoms with van der Waals surface area (Å²) in [5.74, 6) is -0.109. The molecule has 0 aliphatic carbocycles. The molecule has 3 rings (SSSR count). The van der Waals surface area contributed by atoms with Crippen molar-refractivity contribution >= 4 is 27.4 Å². The summed E-state index contributed by atoms with van der Waals surface area (Å²) < 4.78 is 28.7. The van der Waals surface area contributed by atoms with Gasteiger partial charge in [-0.15, -0.1) is 0 Å². The van der Waals surface area contributed by atoms with E-state index in [4.69, 9.17) is 0 Å². The highest BCUT2D eigenvalue weighted by molar-refractivity contribution is 7.92. The SMILES string of the molecule is CC(C)Cc1ccc(S(=O)(=O)Nc2cc(C(=O)O)ccc2N2CCCC(C)C2)cc1. The van der Waals surface area contributed by atoms with Gasteiger partial charge in [0.05, 0.1) is 21.8 Å². The molecule has 2 aromatic carbocycles. The standard InChI is InChI=1S/C23H30N2O4S/c1-16(2)13-18-6-9-20(10-7-18)30(28,29)24-21-14-19(23(26)27)8-11-22(21)25-12-4-5-17(3)15-25/h6-11,14,16-17,24H,4-5,12-13,15H2,1-3H3,(H,26,27). The number of nitrogens with zero attached hydrogens (tertiary/aromatic N) is 1. The van der Waals surface area contributed by atoms with Crippen LogP contribution in [0.4, 0.5) is 11.4 Å². The fourth-order valence-electron chi connectivity index (χ4n) is 3.91. The van der Waals surface area contributed by atoms with Crippen LogP contribution in [0.15, 0.2) is 47.4 Å². The Labute approximate surface area is 179 Å². The minimum Gasteiger partial charge on any atom is -0.478 e. The molecule has 1 fully saturated rings. The van der Waals surface area contributed by atoms with Crippen LogP contribution in [0, 0.1) is 11.8 Å². The van der Waals surface area contributed by atoms with Crippen molar-refractivity contribution in [2.24, 2.45) is 11.8 Å². The monoisotopic (exact) mass is 430 g/mol. The van der Waals surface area contributed by atoms with Gasteiger partial charge in [0, 0.05) is 13.1 Å². The van der Waals surface area contributed by atoms with Crippen LogP contribution in [0.25, 0.3) is 0 Å². The maximum Gasteiger partial charge on any atom is 0.335 e. The molecule has 1 aliphatic heterocycles. The van der Waals surface area contributed by atoms with Gasteiger partial charge in [0.2, 0.25) is 0 Å². The summed E-state index contributed by atoms with van der Waals surface area (Å²) in [4.78, 5) is 13.8. The fraction of sp³-hybridized carbons (Fsp3) is 0.435. The molecule has 2 aromatic rings. The second-order valence-electron chi connectivity index (χ2n) is 8.58. The zero-order chi connectivity index (χ0) is 21.9. The lowest BCUT2D eigenvalue weighted by atomic mass is 9.99.